The number of rotatable bonds is 3. The lowest BCUT2D eigenvalue weighted by Gasteiger charge is -2.12. The number of halogens is 2. The molecule has 0 aliphatic heterocycles. The van der Waals surface area contributed by atoms with Gasteiger partial charge in [-0.05, 0) is 61.5 Å². The second-order valence-electron chi connectivity index (χ2n) is 6.44. The molecule has 29 heavy (non-hydrogen) atoms. The van der Waals surface area contributed by atoms with Crippen LogP contribution in [0, 0.1) is 6.92 Å². The first-order valence-electron chi connectivity index (χ1n) is 8.79. The Morgan fingerprint density at radius 2 is 1.72 bits per heavy atom. The summed E-state index contributed by atoms with van der Waals surface area (Å²) >= 11 is 12.0. The quantitative estimate of drug-likeness (QED) is 0.489. The lowest BCUT2D eigenvalue weighted by molar-refractivity contribution is 0.102. The second-order valence-corrected chi connectivity index (χ2v) is 7.29. The average molecular weight is 424 g/mol. The zero-order valence-corrected chi connectivity index (χ0v) is 16.8. The van der Waals surface area contributed by atoms with E-state index in [0.29, 0.717) is 38.1 Å². The molecule has 0 aliphatic carbocycles. The minimum absolute atomic E-state index is 0.143. The number of aryl methyl sites for hydroxylation is 1. The number of aromatic nitrogens is 2. The number of nitrogens with one attached hydrogen (secondary N) is 1. The molecule has 0 unspecified atom stereocenters. The van der Waals surface area contributed by atoms with Crippen molar-refractivity contribution in [1.29, 1.82) is 0 Å². The van der Waals surface area contributed by atoms with Gasteiger partial charge in [0, 0.05) is 10.7 Å². The number of nitrogens with zero attached hydrogens (tertiary/aromatic N) is 2. The van der Waals surface area contributed by atoms with Crippen LogP contribution in [-0.2, 0) is 0 Å². The van der Waals surface area contributed by atoms with Gasteiger partial charge in [-0.1, -0.05) is 35.3 Å². The molecule has 7 heteroatoms. The van der Waals surface area contributed by atoms with Crippen molar-refractivity contribution in [3.63, 3.8) is 0 Å². The van der Waals surface area contributed by atoms with Crippen molar-refractivity contribution < 1.29 is 4.79 Å². The molecule has 1 aromatic heterocycles. The van der Waals surface area contributed by atoms with E-state index in [1.165, 1.54) is 6.07 Å². The van der Waals surface area contributed by atoms with Crippen molar-refractivity contribution in [2.45, 2.75) is 6.92 Å². The number of para-hydroxylation sites is 1. The number of carbonyl (C=O) groups excluding carboxylic acids is 1. The summed E-state index contributed by atoms with van der Waals surface area (Å²) in [5.74, 6) is 0.210. The molecule has 0 saturated carbocycles. The highest BCUT2D eigenvalue weighted by atomic mass is 35.5. The molecular weight excluding hydrogens is 409 g/mol. The average Bonchev–Trinajstić information content (AvgIpc) is 2.71. The van der Waals surface area contributed by atoms with Crippen molar-refractivity contribution in [2.24, 2.45) is 0 Å². The van der Waals surface area contributed by atoms with E-state index in [1.807, 2.05) is 18.2 Å². The van der Waals surface area contributed by atoms with Crippen molar-refractivity contribution in [2.75, 3.05) is 5.32 Å². The molecule has 3 aromatic carbocycles. The highest BCUT2D eigenvalue weighted by molar-refractivity contribution is 6.36. The molecule has 0 saturated heterocycles. The van der Waals surface area contributed by atoms with Crippen molar-refractivity contribution >= 4 is 45.7 Å². The zero-order valence-electron chi connectivity index (χ0n) is 15.3. The van der Waals surface area contributed by atoms with Gasteiger partial charge < -0.3 is 5.32 Å². The van der Waals surface area contributed by atoms with Crippen LogP contribution in [0.1, 0.15) is 16.2 Å². The first-order chi connectivity index (χ1) is 13.9. The normalized spacial score (nSPS) is 10.9. The Balaban J connectivity index is 1.65. The number of amides is 1. The van der Waals surface area contributed by atoms with Crippen LogP contribution < -0.4 is 10.9 Å². The van der Waals surface area contributed by atoms with E-state index in [9.17, 15) is 9.59 Å². The van der Waals surface area contributed by atoms with E-state index in [4.69, 9.17) is 23.2 Å². The van der Waals surface area contributed by atoms with Gasteiger partial charge in [-0.3, -0.25) is 14.2 Å². The number of hydrogen-bond donors (Lipinski definition) is 1. The number of benzene rings is 3. The SMILES string of the molecule is Cc1nc2ccccc2c(=O)n1-c1ccc(NC(=O)c2cc(Cl)ccc2Cl)cc1. The van der Waals surface area contributed by atoms with Gasteiger partial charge in [0.15, 0.2) is 0 Å². The van der Waals surface area contributed by atoms with Gasteiger partial charge in [0.25, 0.3) is 11.5 Å². The topological polar surface area (TPSA) is 64.0 Å². The summed E-state index contributed by atoms with van der Waals surface area (Å²) in [4.78, 5) is 29.9. The van der Waals surface area contributed by atoms with E-state index in [0.717, 1.165) is 0 Å². The van der Waals surface area contributed by atoms with Crippen molar-refractivity contribution in [1.82, 2.24) is 9.55 Å². The van der Waals surface area contributed by atoms with Crippen LogP contribution in [0.5, 0.6) is 0 Å². The summed E-state index contributed by atoms with van der Waals surface area (Å²) in [5.41, 5.74) is 2.02. The van der Waals surface area contributed by atoms with Gasteiger partial charge in [0.2, 0.25) is 0 Å². The predicted molar refractivity (Wildman–Crippen MR) is 116 cm³/mol. The summed E-state index contributed by atoms with van der Waals surface area (Å²) in [5, 5.41) is 4.06. The lowest BCUT2D eigenvalue weighted by Crippen LogP contribution is -2.22. The third kappa shape index (κ3) is 3.75. The number of fused-ring (bicyclic) bond motifs is 1. The molecule has 0 spiro atoms. The molecule has 4 aromatic rings. The van der Waals surface area contributed by atoms with Crippen LogP contribution in [0.25, 0.3) is 16.6 Å². The second kappa shape index (κ2) is 7.70. The van der Waals surface area contributed by atoms with Crippen LogP contribution >= 0.6 is 23.2 Å². The molecule has 0 radical (unpaired) electrons. The summed E-state index contributed by atoms with van der Waals surface area (Å²) < 4.78 is 1.54. The summed E-state index contributed by atoms with van der Waals surface area (Å²) in [7, 11) is 0. The predicted octanol–water partition coefficient (Wildman–Crippen LogP) is 5.25. The standard InChI is InChI=1S/C22H15Cl2N3O2/c1-13-25-20-5-3-2-4-17(20)22(29)27(13)16-9-7-15(8-10-16)26-21(28)18-12-14(23)6-11-19(18)24/h2-12H,1H3,(H,26,28). The lowest BCUT2D eigenvalue weighted by atomic mass is 10.2. The van der Waals surface area contributed by atoms with Crippen LogP contribution in [0.4, 0.5) is 5.69 Å². The largest absolute Gasteiger partial charge is 0.322 e. The molecule has 1 amide bonds. The molecule has 0 fully saturated rings. The van der Waals surface area contributed by atoms with Gasteiger partial charge in [-0.2, -0.15) is 0 Å². The Kier molecular flexibility index (Phi) is 5.09. The monoisotopic (exact) mass is 423 g/mol. The first-order valence-corrected chi connectivity index (χ1v) is 9.55. The van der Waals surface area contributed by atoms with E-state index in [2.05, 4.69) is 10.3 Å². The molecule has 0 atom stereocenters. The summed E-state index contributed by atoms with van der Waals surface area (Å²) in [6.07, 6.45) is 0. The van der Waals surface area contributed by atoms with Crippen LogP contribution in [0.3, 0.4) is 0 Å². The van der Waals surface area contributed by atoms with Crippen LogP contribution in [0.15, 0.2) is 71.5 Å². The third-order valence-corrected chi connectivity index (χ3v) is 5.06. The Labute approximate surface area is 176 Å². The summed E-state index contributed by atoms with van der Waals surface area (Å²) in [6.45, 7) is 1.78. The highest BCUT2D eigenvalue weighted by Gasteiger charge is 2.13. The molecule has 0 aliphatic rings. The van der Waals surface area contributed by atoms with Crippen molar-refractivity contribution in [3.8, 4) is 5.69 Å². The van der Waals surface area contributed by atoms with Gasteiger partial charge in [-0.15, -0.1) is 0 Å². The van der Waals surface area contributed by atoms with E-state index in [1.54, 1.807) is 54.0 Å². The maximum absolute atomic E-state index is 12.9. The Hall–Kier alpha value is -3.15. The fraction of sp³-hybridized carbons (Fsp3) is 0.0455. The fourth-order valence-electron chi connectivity index (χ4n) is 3.11. The molecule has 0 bridgehead atoms. The molecular formula is C22H15Cl2N3O2. The third-order valence-electron chi connectivity index (χ3n) is 4.50. The first kappa shape index (κ1) is 19.2. The smallest absolute Gasteiger partial charge is 0.265 e. The maximum atomic E-state index is 12.9. The Bertz CT molecular complexity index is 1300. The molecule has 1 N–H and O–H groups in total. The van der Waals surface area contributed by atoms with Gasteiger partial charge in [0.05, 0.1) is 27.2 Å². The van der Waals surface area contributed by atoms with E-state index < -0.39 is 0 Å². The Morgan fingerprint density at radius 3 is 2.48 bits per heavy atom. The van der Waals surface area contributed by atoms with E-state index >= 15 is 0 Å². The molecule has 144 valence electrons. The Morgan fingerprint density at radius 1 is 1.00 bits per heavy atom. The zero-order chi connectivity index (χ0) is 20.5. The van der Waals surface area contributed by atoms with Gasteiger partial charge in [0.1, 0.15) is 5.82 Å². The minimum Gasteiger partial charge on any atom is -0.322 e. The molecule has 5 nitrogen and oxygen atoms in total. The fourth-order valence-corrected chi connectivity index (χ4v) is 3.49. The van der Waals surface area contributed by atoms with Crippen LogP contribution in [-0.4, -0.2) is 15.5 Å². The van der Waals surface area contributed by atoms with Crippen molar-refractivity contribution in [3.05, 3.63) is 98.5 Å². The number of hydrogen-bond acceptors (Lipinski definition) is 3. The summed E-state index contributed by atoms with van der Waals surface area (Å²) in [6, 6.07) is 18.9. The minimum atomic E-state index is -0.369. The van der Waals surface area contributed by atoms with Gasteiger partial charge >= 0.3 is 0 Å². The van der Waals surface area contributed by atoms with E-state index in [-0.39, 0.29) is 17.0 Å². The van der Waals surface area contributed by atoms with Crippen LogP contribution in [0.2, 0.25) is 10.0 Å². The highest BCUT2D eigenvalue weighted by Crippen LogP contribution is 2.22. The molecule has 1 heterocycles. The number of anilines is 1. The molecule has 4 rings (SSSR count). The maximum Gasteiger partial charge on any atom is 0.265 e. The van der Waals surface area contributed by atoms with Gasteiger partial charge in [-0.25, -0.2) is 4.98 Å². The number of carbonyl (C=O) groups is 1.